The Morgan fingerprint density at radius 1 is 1.04 bits per heavy atom. The Morgan fingerprint density at radius 2 is 1.63 bits per heavy atom. The highest BCUT2D eigenvalue weighted by atomic mass is 16.2. The smallest absolute Gasteiger partial charge is 0.264 e. The summed E-state index contributed by atoms with van der Waals surface area (Å²) < 4.78 is 3.02. The highest BCUT2D eigenvalue weighted by molar-refractivity contribution is 6.13. The number of anilines is 1. The van der Waals surface area contributed by atoms with Crippen LogP contribution in [-0.4, -0.2) is 25.9 Å². The third-order valence-corrected chi connectivity index (χ3v) is 4.56. The number of rotatable bonds is 4. The predicted molar refractivity (Wildman–Crippen MR) is 104 cm³/mol. The van der Waals surface area contributed by atoms with Crippen molar-refractivity contribution in [2.45, 2.75) is 26.7 Å². The molecule has 0 N–H and O–H groups in total. The van der Waals surface area contributed by atoms with E-state index in [1.165, 1.54) is 11.6 Å². The number of hydrogen-bond donors (Lipinski definition) is 0. The van der Waals surface area contributed by atoms with Crippen molar-refractivity contribution in [2.24, 2.45) is 14.1 Å². The van der Waals surface area contributed by atoms with Crippen molar-refractivity contribution in [1.29, 1.82) is 0 Å². The topological polar surface area (TPSA) is 77.2 Å². The van der Waals surface area contributed by atoms with Crippen molar-refractivity contribution in [3.05, 3.63) is 46.9 Å². The van der Waals surface area contributed by atoms with E-state index in [9.17, 15) is 14.4 Å². The van der Waals surface area contributed by atoms with E-state index in [1.54, 1.807) is 25.5 Å². The van der Waals surface area contributed by atoms with Crippen LogP contribution in [0.4, 0.5) is 5.95 Å². The third kappa shape index (κ3) is 3.05. The maximum Gasteiger partial charge on any atom is 0.264 e. The van der Waals surface area contributed by atoms with Crippen molar-refractivity contribution < 1.29 is 9.59 Å². The van der Waals surface area contributed by atoms with Crippen LogP contribution in [0.25, 0.3) is 22.2 Å². The molecule has 140 valence electrons. The van der Waals surface area contributed by atoms with Crippen LogP contribution < -0.4 is 10.5 Å². The first kappa shape index (κ1) is 18.6. The summed E-state index contributed by atoms with van der Waals surface area (Å²) in [6.07, 6.45) is 2.12. The molecular formula is C20H22N4O3. The van der Waals surface area contributed by atoms with Crippen LogP contribution in [0.5, 0.6) is 0 Å². The van der Waals surface area contributed by atoms with E-state index in [0.717, 1.165) is 16.0 Å². The van der Waals surface area contributed by atoms with E-state index in [0.29, 0.717) is 11.0 Å². The molecule has 2 aromatic heterocycles. The number of fused-ring (bicyclic) bond motifs is 1. The van der Waals surface area contributed by atoms with Gasteiger partial charge in [0.25, 0.3) is 5.56 Å². The maximum absolute atomic E-state index is 13.1. The van der Waals surface area contributed by atoms with Gasteiger partial charge in [-0.1, -0.05) is 44.2 Å². The molecule has 2 amide bonds. The molecule has 0 aliphatic rings. The van der Waals surface area contributed by atoms with E-state index in [2.05, 4.69) is 4.98 Å². The summed E-state index contributed by atoms with van der Waals surface area (Å²) in [6.45, 7) is 3.34. The van der Waals surface area contributed by atoms with Gasteiger partial charge in [-0.2, -0.15) is 4.98 Å². The van der Waals surface area contributed by atoms with Gasteiger partial charge in [0, 0.05) is 38.7 Å². The normalized spacial score (nSPS) is 11.0. The minimum Gasteiger partial charge on any atom is -0.335 e. The Bertz CT molecular complexity index is 1060. The number of aromatic nitrogens is 3. The second kappa shape index (κ2) is 7.19. The molecule has 2 heterocycles. The molecule has 0 fully saturated rings. The lowest BCUT2D eigenvalue weighted by molar-refractivity contribution is -0.126. The van der Waals surface area contributed by atoms with Crippen molar-refractivity contribution in [1.82, 2.24) is 14.1 Å². The van der Waals surface area contributed by atoms with Gasteiger partial charge in [0.05, 0.1) is 5.39 Å². The summed E-state index contributed by atoms with van der Waals surface area (Å²) in [7, 11) is 3.32. The largest absolute Gasteiger partial charge is 0.335 e. The number of amides is 2. The lowest BCUT2D eigenvalue weighted by Gasteiger charge is -2.21. The van der Waals surface area contributed by atoms with Gasteiger partial charge in [0.15, 0.2) is 0 Å². The molecule has 0 atom stereocenters. The fourth-order valence-corrected chi connectivity index (χ4v) is 3.10. The lowest BCUT2D eigenvalue weighted by atomic mass is 10.1. The van der Waals surface area contributed by atoms with Gasteiger partial charge in [-0.25, -0.2) is 4.90 Å². The monoisotopic (exact) mass is 366 g/mol. The molecule has 0 aliphatic heterocycles. The highest BCUT2D eigenvalue weighted by Crippen LogP contribution is 2.28. The minimum absolute atomic E-state index is 0.0482. The number of carbonyl (C=O) groups excluding carboxylic acids is 2. The van der Waals surface area contributed by atoms with Crippen molar-refractivity contribution in [3.8, 4) is 11.1 Å². The van der Waals surface area contributed by atoms with Gasteiger partial charge in [0.1, 0.15) is 5.65 Å². The Kier molecular flexibility index (Phi) is 4.94. The molecule has 3 aromatic rings. The molecular weight excluding hydrogens is 344 g/mol. The molecule has 0 saturated heterocycles. The Labute approximate surface area is 156 Å². The summed E-state index contributed by atoms with van der Waals surface area (Å²) in [5.41, 5.74) is 1.81. The van der Waals surface area contributed by atoms with Gasteiger partial charge in [-0.15, -0.1) is 0 Å². The zero-order valence-corrected chi connectivity index (χ0v) is 15.9. The van der Waals surface area contributed by atoms with Crippen LogP contribution >= 0.6 is 0 Å². The van der Waals surface area contributed by atoms with Crippen LogP contribution in [0.3, 0.4) is 0 Å². The maximum atomic E-state index is 13.1. The van der Waals surface area contributed by atoms with Crippen molar-refractivity contribution in [3.63, 3.8) is 0 Å². The van der Waals surface area contributed by atoms with E-state index >= 15 is 0 Å². The first-order valence-electron chi connectivity index (χ1n) is 8.87. The summed E-state index contributed by atoms with van der Waals surface area (Å²) in [6, 6.07) is 9.57. The second-order valence-corrected chi connectivity index (χ2v) is 6.32. The van der Waals surface area contributed by atoms with Crippen LogP contribution in [0.1, 0.15) is 26.7 Å². The molecule has 27 heavy (non-hydrogen) atoms. The van der Waals surface area contributed by atoms with Gasteiger partial charge in [-0.05, 0) is 5.56 Å². The van der Waals surface area contributed by atoms with E-state index in [4.69, 9.17) is 0 Å². The van der Waals surface area contributed by atoms with Gasteiger partial charge in [0.2, 0.25) is 17.8 Å². The highest BCUT2D eigenvalue weighted by Gasteiger charge is 2.27. The van der Waals surface area contributed by atoms with Crippen molar-refractivity contribution in [2.75, 3.05) is 4.90 Å². The Morgan fingerprint density at radius 3 is 2.19 bits per heavy atom. The Balaban J connectivity index is 2.32. The quantitative estimate of drug-likeness (QED) is 0.711. The zero-order valence-electron chi connectivity index (χ0n) is 15.9. The molecule has 0 radical (unpaired) electrons. The van der Waals surface area contributed by atoms with Crippen LogP contribution in [0.2, 0.25) is 0 Å². The molecule has 0 aliphatic carbocycles. The van der Waals surface area contributed by atoms with Gasteiger partial charge in [-0.3, -0.25) is 19.0 Å². The number of nitrogens with zero attached hydrogens (tertiary/aromatic N) is 4. The van der Waals surface area contributed by atoms with E-state index in [-0.39, 0.29) is 36.2 Å². The van der Waals surface area contributed by atoms with E-state index in [1.807, 2.05) is 36.5 Å². The average molecular weight is 366 g/mol. The molecule has 0 spiro atoms. The fraction of sp³-hybridized carbons (Fsp3) is 0.300. The SMILES string of the molecule is CCC(=O)N(C(=O)CC)c1nc2c(c(-c3ccccc3)cn2C)c(=O)n1C. The summed E-state index contributed by atoms with van der Waals surface area (Å²) in [5.74, 6) is -0.727. The second-order valence-electron chi connectivity index (χ2n) is 6.32. The number of benzene rings is 1. The lowest BCUT2D eigenvalue weighted by Crippen LogP contribution is -2.40. The summed E-state index contributed by atoms with van der Waals surface area (Å²) >= 11 is 0. The van der Waals surface area contributed by atoms with E-state index < -0.39 is 0 Å². The molecule has 7 nitrogen and oxygen atoms in total. The summed E-state index contributed by atoms with van der Waals surface area (Å²) in [4.78, 5) is 43.4. The Hall–Kier alpha value is -3.22. The first-order valence-corrected chi connectivity index (χ1v) is 8.87. The molecule has 0 saturated carbocycles. The molecule has 0 unspecified atom stereocenters. The fourth-order valence-electron chi connectivity index (χ4n) is 3.10. The van der Waals surface area contributed by atoms with Crippen LogP contribution in [-0.2, 0) is 23.7 Å². The molecule has 1 aromatic carbocycles. The molecule has 0 bridgehead atoms. The minimum atomic E-state index is -0.388. The standard InChI is InChI=1S/C20H22N4O3/c1-5-15(25)24(16(26)6-2)20-21-18-17(19(27)23(20)4)14(12-22(18)3)13-10-8-7-9-11-13/h7-12H,5-6H2,1-4H3. The molecule has 7 heteroatoms. The van der Waals surface area contributed by atoms with Gasteiger partial charge < -0.3 is 4.57 Å². The number of hydrogen-bond acceptors (Lipinski definition) is 4. The van der Waals surface area contributed by atoms with Crippen LogP contribution in [0, 0.1) is 0 Å². The zero-order chi connectivity index (χ0) is 19.7. The first-order chi connectivity index (χ1) is 12.9. The predicted octanol–water partition coefficient (Wildman–Crippen LogP) is 2.62. The summed E-state index contributed by atoms with van der Waals surface area (Å²) in [5, 5.41) is 0.461. The molecule has 3 rings (SSSR count). The number of aryl methyl sites for hydroxylation is 1. The van der Waals surface area contributed by atoms with Crippen LogP contribution in [0.15, 0.2) is 41.3 Å². The number of imide groups is 1. The average Bonchev–Trinajstić information content (AvgIpc) is 3.02. The van der Waals surface area contributed by atoms with Crippen molar-refractivity contribution >= 4 is 28.8 Å². The third-order valence-electron chi connectivity index (χ3n) is 4.56. The number of carbonyl (C=O) groups is 2. The van der Waals surface area contributed by atoms with Gasteiger partial charge >= 0.3 is 0 Å².